The highest BCUT2D eigenvalue weighted by molar-refractivity contribution is 6.74. The molecule has 4 heterocycles. The van der Waals surface area contributed by atoms with Crippen molar-refractivity contribution >= 4 is 26.0 Å². The lowest BCUT2D eigenvalue weighted by Gasteiger charge is -2.55. The highest BCUT2D eigenvalue weighted by Crippen LogP contribution is 2.70. The number of carbonyl (C=O) groups is 2. The Labute approximate surface area is 222 Å². The van der Waals surface area contributed by atoms with Crippen molar-refractivity contribution in [2.24, 2.45) is 11.8 Å². The maximum atomic E-state index is 14.0. The zero-order valence-corrected chi connectivity index (χ0v) is 25.1. The van der Waals surface area contributed by atoms with Crippen molar-refractivity contribution in [3.63, 3.8) is 0 Å². The number of methoxy groups -OCH3 is 1. The van der Waals surface area contributed by atoms with Crippen LogP contribution in [0.15, 0.2) is 18.2 Å². The Kier molecular flexibility index (Phi) is 5.89. The predicted octanol–water partition coefficient (Wildman–Crippen LogP) is 6.07. The molecule has 0 radical (unpaired) electrons. The Bertz CT molecular complexity index is 1120. The molecule has 2 amide bonds. The molecule has 8 heteroatoms. The molecule has 1 aliphatic carbocycles. The average Bonchev–Trinajstić information content (AvgIpc) is 3.16. The molecule has 7 nitrogen and oxygen atoms in total. The van der Waals surface area contributed by atoms with E-state index in [4.69, 9.17) is 13.9 Å². The number of carbonyl (C=O) groups excluding carboxylic acids is 2. The van der Waals surface area contributed by atoms with Crippen molar-refractivity contribution in [3.8, 4) is 5.75 Å². The van der Waals surface area contributed by atoms with E-state index in [2.05, 4.69) is 39.9 Å². The molecule has 1 aromatic rings. The number of ether oxygens (including phenoxy) is 2. The number of nitrogens with zero attached hydrogens (tertiary/aromatic N) is 2. The Hall–Kier alpha value is -2.06. The van der Waals surface area contributed by atoms with Gasteiger partial charge in [-0.15, -0.1) is 0 Å². The van der Waals surface area contributed by atoms with E-state index in [0.29, 0.717) is 19.6 Å². The van der Waals surface area contributed by atoms with Crippen molar-refractivity contribution < 1.29 is 23.5 Å². The number of benzene rings is 1. The number of hydrogen-bond acceptors (Lipinski definition) is 5. The second-order valence-corrected chi connectivity index (χ2v) is 18.8. The van der Waals surface area contributed by atoms with Crippen molar-refractivity contribution in [3.05, 3.63) is 23.8 Å². The van der Waals surface area contributed by atoms with Gasteiger partial charge in [-0.1, -0.05) is 20.8 Å². The van der Waals surface area contributed by atoms with Gasteiger partial charge in [-0.05, 0) is 93.8 Å². The lowest BCUT2D eigenvalue weighted by atomic mass is 9.55. The molecule has 4 aliphatic heterocycles. The predicted molar refractivity (Wildman–Crippen MR) is 146 cm³/mol. The summed E-state index contributed by atoms with van der Waals surface area (Å²) in [5.41, 5.74) is 0.0816. The fourth-order valence-electron chi connectivity index (χ4n) is 7.38. The molecule has 6 rings (SSSR count). The third-order valence-electron chi connectivity index (χ3n) is 10.00. The summed E-state index contributed by atoms with van der Waals surface area (Å²) in [6.07, 6.45) is 2.57. The van der Waals surface area contributed by atoms with Gasteiger partial charge in [-0.2, -0.15) is 0 Å². The summed E-state index contributed by atoms with van der Waals surface area (Å²) in [7, 11) is -0.359. The topological polar surface area (TPSA) is 68.3 Å². The first kappa shape index (κ1) is 26.5. The van der Waals surface area contributed by atoms with Crippen LogP contribution in [0, 0.1) is 11.8 Å². The third kappa shape index (κ3) is 3.61. The molecular weight excluding hydrogens is 484 g/mol. The first-order chi connectivity index (χ1) is 17.1. The van der Waals surface area contributed by atoms with E-state index in [1.54, 1.807) is 7.11 Å². The van der Waals surface area contributed by atoms with Gasteiger partial charge < -0.3 is 18.8 Å². The molecule has 3 saturated heterocycles. The molecule has 1 saturated carbocycles. The van der Waals surface area contributed by atoms with Crippen LogP contribution in [0.4, 0.5) is 10.5 Å². The molecule has 37 heavy (non-hydrogen) atoms. The largest absolute Gasteiger partial charge is 0.497 e. The quantitative estimate of drug-likeness (QED) is 0.444. The van der Waals surface area contributed by atoms with Gasteiger partial charge in [0.2, 0.25) is 5.91 Å². The van der Waals surface area contributed by atoms with Crippen LogP contribution in [-0.4, -0.2) is 56.7 Å². The SMILES string of the molecule is COc1ccc2c(c1)[C@]13CCN4C(=O)C[C@H](CC[C@]41N2C(=O)OC(C)(C)C)[C@H]3CO[Si](C)(C)C(C)(C)C. The van der Waals surface area contributed by atoms with Crippen LogP contribution in [0.1, 0.15) is 72.8 Å². The van der Waals surface area contributed by atoms with Gasteiger partial charge >= 0.3 is 6.09 Å². The minimum atomic E-state index is -2.04. The van der Waals surface area contributed by atoms with Crippen LogP contribution in [-0.2, 0) is 19.4 Å². The van der Waals surface area contributed by atoms with Crippen molar-refractivity contribution in [1.29, 1.82) is 0 Å². The summed E-state index contributed by atoms with van der Waals surface area (Å²) in [5, 5.41) is 0.0863. The van der Waals surface area contributed by atoms with Crippen LogP contribution < -0.4 is 9.64 Å². The summed E-state index contributed by atoms with van der Waals surface area (Å²) in [4.78, 5) is 31.7. The zero-order chi connectivity index (χ0) is 27.2. The third-order valence-corrected chi connectivity index (χ3v) is 14.5. The highest BCUT2D eigenvalue weighted by Gasteiger charge is 2.77. The molecule has 4 fully saturated rings. The van der Waals surface area contributed by atoms with Crippen LogP contribution in [0.25, 0.3) is 0 Å². The molecule has 0 aromatic heterocycles. The van der Waals surface area contributed by atoms with Gasteiger partial charge in [0.05, 0.1) is 12.8 Å². The zero-order valence-electron chi connectivity index (χ0n) is 24.1. The molecule has 204 valence electrons. The second kappa shape index (κ2) is 8.22. The summed E-state index contributed by atoms with van der Waals surface area (Å²) in [6, 6.07) is 6.00. The number of amides is 2. The average molecular weight is 529 g/mol. The number of fused-ring (bicyclic) bond motifs is 3. The highest BCUT2D eigenvalue weighted by atomic mass is 28.4. The van der Waals surface area contributed by atoms with Gasteiger partial charge in [0, 0.05) is 25.0 Å². The van der Waals surface area contributed by atoms with E-state index in [9.17, 15) is 9.59 Å². The maximum Gasteiger partial charge on any atom is 0.416 e. The lowest BCUT2D eigenvalue weighted by Crippen LogP contribution is -2.69. The van der Waals surface area contributed by atoms with Gasteiger partial charge in [0.15, 0.2) is 8.32 Å². The Morgan fingerprint density at radius 3 is 2.46 bits per heavy atom. The summed E-state index contributed by atoms with van der Waals surface area (Å²) in [6.45, 7) is 18.3. The number of hydrogen-bond donors (Lipinski definition) is 0. The van der Waals surface area contributed by atoms with Gasteiger partial charge in [0.25, 0.3) is 0 Å². The summed E-state index contributed by atoms with van der Waals surface area (Å²) in [5.74, 6) is 1.24. The van der Waals surface area contributed by atoms with E-state index in [0.717, 1.165) is 36.3 Å². The van der Waals surface area contributed by atoms with Crippen LogP contribution in [0.3, 0.4) is 0 Å². The van der Waals surface area contributed by atoms with Crippen molar-refractivity contribution in [2.45, 2.75) is 102 Å². The monoisotopic (exact) mass is 528 g/mol. The van der Waals surface area contributed by atoms with E-state index >= 15 is 0 Å². The normalized spacial score (nSPS) is 30.8. The Morgan fingerprint density at radius 1 is 1.14 bits per heavy atom. The number of rotatable bonds is 4. The van der Waals surface area contributed by atoms with Crippen molar-refractivity contribution in [1.82, 2.24) is 4.90 Å². The minimum absolute atomic E-state index is 0.0863. The van der Waals surface area contributed by atoms with Crippen LogP contribution in [0.2, 0.25) is 18.1 Å². The van der Waals surface area contributed by atoms with Crippen LogP contribution >= 0.6 is 0 Å². The molecule has 0 N–H and O–H groups in total. The van der Waals surface area contributed by atoms with Crippen molar-refractivity contribution in [2.75, 3.05) is 25.2 Å². The first-order valence-corrected chi connectivity index (χ1v) is 16.7. The molecule has 4 bridgehead atoms. The van der Waals surface area contributed by atoms with Gasteiger partial charge in [-0.25, -0.2) is 4.79 Å². The molecule has 5 aliphatic rings. The van der Waals surface area contributed by atoms with Crippen LogP contribution in [0.5, 0.6) is 5.75 Å². The molecule has 1 spiro atoms. The van der Waals surface area contributed by atoms with E-state index in [1.807, 2.05) is 42.7 Å². The molecule has 0 unspecified atom stereocenters. The molecule has 1 aromatic carbocycles. The fourth-order valence-corrected chi connectivity index (χ4v) is 8.41. The summed E-state index contributed by atoms with van der Waals surface area (Å²) < 4.78 is 18.6. The van der Waals surface area contributed by atoms with E-state index < -0.39 is 25.0 Å². The molecular formula is C29H44N2O5Si. The van der Waals surface area contributed by atoms with Gasteiger partial charge in [0.1, 0.15) is 17.0 Å². The summed E-state index contributed by atoms with van der Waals surface area (Å²) >= 11 is 0. The second-order valence-electron chi connectivity index (χ2n) is 14.0. The first-order valence-electron chi connectivity index (χ1n) is 13.8. The number of anilines is 1. The minimum Gasteiger partial charge on any atom is -0.497 e. The fraction of sp³-hybridized carbons (Fsp3) is 0.724. The van der Waals surface area contributed by atoms with E-state index in [-0.39, 0.29) is 28.9 Å². The van der Waals surface area contributed by atoms with Gasteiger partial charge in [-0.3, -0.25) is 9.69 Å². The molecule has 4 atom stereocenters. The standard InChI is InChI=1S/C29H44N2O5Si/c1-26(2,3)36-25(33)31-23-11-10-20(34-7)17-21(23)28-14-15-30-24(32)16-19(12-13-29(28,30)31)22(28)18-35-37(8,9)27(4,5)6/h10-11,17,19,22H,12-16,18H2,1-9H3/t19-,22+,28-,29+/m0/s1. The lowest BCUT2D eigenvalue weighted by molar-refractivity contribution is -0.134. The smallest absolute Gasteiger partial charge is 0.416 e. The van der Waals surface area contributed by atoms with E-state index in [1.165, 1.54) is 0 Å². The maximum absolute atomic E-state index is 14.0. The Balaban J connectivity index is 1.71. The Morgan fingerprint density at radius 2 is 1.84 bits per heavy atom.